The topological polar surface area (TPSA) is 32.5 Å². The van der Waals surface area contributed by atoms with Crippen molar-refractivity contribution in [1.82, 2.24) is 0 Å². The number of rotatable bonds is 2. The average Bonchev–Trinajstić information content (AvgIpc) is 2.47. The van der Waals surface area contributed by atoms with Gasteiger partial charge in [-0.25, -0.2) is 4.39 Å². The SMILES string of the molecule is CN1CCN(Cc2cccc(N)c2F)c2ccccc21. The zero-order valence-corrected chi connectivity index (χ0v) is 11.5. The fourth-order valence-electron chi connectivity index (χ4n) is 2.66. The van der Waals surface area contributed by atoms with Crippen molar-refractivity contribution in [3.63, 3.8) is 0 Å². The van der Waals surface area contributed by atoms with E-state index in [-0.39, 0.29) is 11.5 Å². The summed E-state index contributed by atoms with van der Waals surface area (Å²) < 4.78 is 14.0. The third-order valence-electron chi connectivity index (χ3n) is 3.81. The van der Waals surface area contributed by atoms with Crippen molar-refractivity contribution in [1.29, 1.82) is 0 Å². The summed E-state index contributed by atoms with van der Waals surface area (Å²) in [4.78, 5) is 4.43. The normalized spacial score (nSPS) is 14.3. The van der Waals surface area contributed by atoms with Crippen LogP contribution in [-0.2, 0) is 6.54 Å². The first-order chi connectivity index (χ1) is 9.66. The lowest BCUT2D eigenvalue weighted by Crippen LogP contribution is -2.38. The van der Waals surface area contributed by atoms with Gasteiger partial charge in [-0.05, 0) is 18.2 Å². The monoisotopic (exact) mass is 271 g/mol. The Hall–Kier alpha value is -2.23. The average molecular weight is 271 g/mol. The molecular weight excluding hydrogens is 253 g/mol. The molecule has 0 unspecified atom stereocenters. The van der Waals surface area contributed by atoms with Crippen molar-refractivity contribution in [2.24, 2.45) is 0 Å². The minimum Gasteiger partial charge on any atom is -0.396 e. The largest absolute Gasteiger partial charge is 0.396 e. The van der Waals surface area contributed by atoms with Crippen LogP contribution in [0.1, 0.15) is 5.56 Å². The molecule has 0 saturated carbocycles. The highest BCUT2D eigenvalue weighted by atomic mass is 19.1. The van der Waals surface area contributed by atoms with E-state index >= 15 is 0 Å². The van der Waals surface area contributed by atoms with E-state index in [1.807, 2.05) is 12.1 Å². The Kier molecular flexibility index (Phi) is 3.22. The second-order valence-electron chi connectivity index (χ2n) is 5.15. The highest BCUT2D eigenvalue weighted by molar-refractivity contribution is 5.73. The van der Waals surface area contributed by atoms with E-state index < -0.39 is 0 Å². The van der Waals surface area contributed by atoms with Crippen molar-refractivity contribution in [2.45, 2.75) is 6.54 Å². The molecule has 104 valence electrons. The molecule has 0 atom stereocenters. The molecule has 20 heavy (non-hydrogen) atoms. The molecule has 2 N–H and O–H groups in total. The summed E-state index contributed by atoms with van der Waals surface area (Å²) in [6.07, 6.45) is 0. The molecule has 2 aromatic carbocycles. The summed E-state index contributed by atoms with van der Waals surface area (Å²) in [5.41, 5.74) is 8.82. The zero-order valence-electron chi connectivity index (χ0n) is 11.5. The molecule has 4 heteroatoms. The van der Waals surface area contributed by atoms with Crippen LogP contribution >= 0.6 is 0 Å². The fourth-order valence-corrected chi connectivity index (χ4v) is 2.66. The summed E-state index contributed by atoms with van der Waals surface area (Å²) in [6.45, 7) is 2.35. The Bertz CT molecular complexity index is 627. The van der Waals surface area contributed by atoms with Gasteiger partial charge in [0.25, 0.3) is 0 Å². The zero-order chi connectivity index (χ0) is 14.1. The van der Waals surface area contributed by atoms with Crippen molar-refractivity contribution >= 4 is 17.1 Å². The number of nitrogen functional groups attached to an aromatic ring is 1. The van der Waals surface area contributed by atoms with Crippen LogP contribution in [0.2, 0.25) is 0 Å². The Morgan fingerprint density at radius 1 is 1.05 bits per heavy atom. The van der Waals surface area contributed by atoms with E-state index in [2.05, 4.69) is 29.0 Å². The van der Waals surface area contributed by atoms with Crippen molar-refractivity contribution in [2.75, 3.05) is 35.7 Å². The Labute approximate surface area is 118 Å². The van der Waals surface area contributed by atoms with Crippen LogP contribution in [0.4, 0.5) is 21.5 Å². The molecule has 3 rings (SSSR count). The number of nitrogens with zero attached hydrogens (tertiary/aromatic N) is 2. The number of nitrogens with two attached hydrogens (primary N) is 1. The molecule has 1 aliphatic heterocycles. The third-order valence-corrected chi connectivity index (χ3v) is 3.81. The molecule has 0 fully saturated rings. The number of anilines is 3. The van der Waals surface area contributed by atoms with Crippen LogP contribution < -0.4 is 15.5 Å². The number of hydrogen-bond donors (Lipinski definition) is 1. The second kappa shape index (κ2) is 5.04. The summed E-state index contributed by atoms with van der Waals surface area (Å²) in [7, 11) is 2.08. The number of likely N-dealkylation sites (N-methyl/N-ethyl adjacent to an activating group) is 1. The lowest BCUT2D eigenvalue weighted by Gasteiger charge is -2.37. The first kappa shape index (κ1) is 12.8. The summed E-state index contributed by atoms with van der Waals surface area (Å²) in [5, 5.41) is 0. The molecule has 0 radical (unpaired) electrons. The maximum Gasteiger partial charge on any atom is 0.151 e. The molecule has 0 spiro atoms. The van der Waals surface area contributed by atoms with E-state index in [1.165, 1.54) is 5.69 Å². The van der Waals surface area contributed by atoms with Gasteiger partial charge in [0.1, 0.15) is 0 Å². The first-order valence-corrected chi connectivity index (χ1v) is 6.75. The quantitative estimate of drug-likeness (QED) is 0.852. The van der Waals surface area contributed by atoms with Crippen LogP contribution in [-0.4, -0.2) is 20.1 Å². The smallest absolute Gasteiger partial charge is 0.151 e. The highest BCUT2D eigenvalue weighted by Crippen LogP contribution is 2.33. The van der Waals surface area contributed by atoms with Crippen LogP contribution in [0.25, 0.3) is 0 Å². The van der Waals surface area contributed by atoms with E-state index in [0.717, 1.165) is 18.8 Å². The molecule has 3 nitrogen and oxygen atoms in total. The van der Waals surface area contributed by atoms with Gasteiger partial charge in [0, 0.05) is 32.2 Å². The number of fused-ring (bicyclic) bond motifs is 1. The molecule has 1 heterocycles. The molecule has 0 saturated heterocycles. The lowest BCUT2D eigenvalue weighted by atomic mass is 10.1. The summed E-state index contributed by atoms with van der Waals surface area (Å²) >= 11 is 0. The Balaban J connectivity index is 1.93. The van der Waals surface area contributed by atoms with E-state index in [1.54, 1.807) is 18.2 Å². The van der Waals surface area contributed by atoms with Gasteiger partial charge in [-0.1, -0.05) is 24.3 Å². The molecule has 0 bridgehead atoms. The summed E-state index contributed by atoms with van der Waals surface area (Å²) in [6, 6.07) is 13.4. The van der Waals surface area contributed by atoms with Gasteiger partial charge < -0.3 is 15.5 Å². The number of benzene rings is 2. The van der Waals surface area contributed by atoms with Crippen LogP contribution in [0.5, 0.6) is 0 Å². The van der Waals surface area contributed by atoms with Crippen LogP contribution in [0.3, 0.4) is 0 Å². The molecule has 0 amide bonds. The maximum atomic E-state index is 14.0. The molecular formula is C16H18FN3. The van der Waals surface area contributed by atoms with Gasteiger partial charge in [0.15, 0.2) is 5.82 Å². The van der Waals surface area contributed by atoms with Crippen LogP contribution in [0, 0.1) is 5.82 Å². The highest BCUT2D eigenvalue weighted by Gasteiger charge is 2.20. The minimum absolute atomic E-state index is 0.213. The lowest BCUT2D eigenvalue weighted by molar-refractivity contribution is 0.606. The number of para-hydroxylation sites is 2. The molecule has 2 aromatic rings. The van der Waals surface area contributed by atoms with Gasteiger partial charge in [-0.2, -0.15) is 0 Å². The number of halogens is 1. The third kappa shape index (κ3) is 2.18. The van der Waals surface area contributed by atoms with Gasteiger partial charge in [-0.3, -0.25) is 0 Å². The molecule has 1 aliphatic rings. The standard InChI is InChI=1S/C16H18FN3/c1-19-9-10-20(15-8-3-2-7-14(15)19)11-12-5-4-6-13(18)16(12)17/h2-8H,9-11,18H2,1H3. The molecule has 0 aromatic heterocycles. The van der Waals surface area contributed by atoms with Gasteiger partial charge in [0.05, 0.1) is 17.1 Å². The van der Waals surface area contributed by atoms with Gasteiger partial charge in [-0.15, -0.1) is 0 Å². The van der Waals surface area contributed by atoms with Crippen molar-refractivity contribution < 1.29 is 4.39 Å². The van der Waals surface area contributed by atoms with Gasteiger partial charge in [0.2, 0.25) is 0 Å². The Morgan fingerprint density at radius 3 is 2.60 bits per heavy atom. The fraction of sp³-hybridized carbons (Fsp3) is 0.250. The van der Waals surface area contributed by atoms with E-state index in [0.29, 0.717) is 12.1 Å². The van der Waals surface area contributed by atoms with E-state index in [9.17, 15) is 4.39 Å². The second-order valence-corrected chi connectivity index (χ2v) is 5.15. The number of hydrogen-bond acceptors (Lipinski definition) is 3. The van der Waals surface area contributed by atoms with Crippen molar-refractivity contribution in [3.8, 4) is 0 Å². The van der Waals surface area contributed by atoms with Gasteiger partial charge >= 0.3 is 0 Å². The predicted octanol–water partition coefficient (Wildman–Crippen LogP) is 2.86. The minimum atomic E-state index is -0.302. The Morgan fingerprint density at radius 2 is 1.80 bits per heavy atom. The first-order valence-electron chi connectivity index (χ1n) is 6.75. The molecule has 0 aliphatic carbocycles. The van der Waals surface area contributed by atoms with Crippen molar-refractivity contribution in [3.05, 3.63) is 53.8 Å². The summed E-state index contributed by atoms with van der Waals surface area (Å²) in [5.74, 6) is -0.302. The van der Waals surface area contributed by atoms with Crippen LogP contribution in [0.15, 0.2) is 42.5 Å². The maximum absolute atomic E-state index is 14.0. The van der Waals surface area contributed by atoms with E-state index in [4.69, 9.17) is 5.73 Å². The predicted molar refractivity (Wildman–Crippen MR) is 81.6 cm³/mol.